The van der Waals surface area contributed by atoms with Gasteiger partial charge in [-0.2, -0.15) is 0 Å². The van der Waals surface area contributed by atoms with Gasteiger partial charge in [-0.15, -0.1) is 0 Å². The Morgan fingerprint density at radius 1 is 0.900 bits per heavy atom. The van der Waals surface area contributed by atoms with Crippen LogP contribution in [0.1, 0.15) is 26.5 Å². The van der Waals surface area contributed by atoms with Crippen LogP contribution in [0.4, 0.5) is 5.69 Å². The molecule has 0 aliphatic carbocycles. The summed E-state index contributed by atoms with van der Waals surface area (Å²) in [6, 6.07) is 18.6. The minimum absolute atomic E-state index is 0.0497. The molecule has 8 nitrogen and oxygen atoms in total. The molecule has 1 aromatic heterocycles. The highest BCUT2D eigenvalue weighted by atomic mass is 32.2. The van der Waals surface area contributed by atoms with E-state index in [4.69, 9.17) is 4.42 Å². The third-order valence-electron chi connectivity index (χ3n) is 4.12. The fourth-order valence-corrected chi connectivity index (χ4v) is 3.50. The smallest absolute Gasteiger partial charge is 0.291 e. The monoisotopic (exact) mass is 427 g/mol. The van der Waals surface area contributed by atoms with Gasteiger partial charge >= 0.3 is 0 Å². The molecule has 2 amide bonds. The zero-order valence-electron chi connectivity index (χ0n) is 16.0. The molecule has 156 valence electrons. The maximum absolute atomic E-state index is 12.3. The molecule has 0 bridgehead atoms. The van der Waals surface area contributed by atoms with Crippen molar-refractivity contribution in [2.45, 2.75) is 6.54 Å². The standard InChI is InChI=1S/C21H21N3O5S/c25-20(22-11-13-30(27,28)23-15-16-6-2-1-3-7-16)17-8-4-9-18(14-17)24-21(26)19-10-5-12-29-19/h1-10,12,14,23H,11,13,15H2,(H,22,25)(H,24,26). The first-order valence-corrected chi connectivity index (χ1v) is 10.8. The van der Waals surface area contributed by atoms with E-state index in [1.807, 2.05) is 30.3 Å². The van der Waals surface area contributed by atoms with Gasteiger partial charge in [0.1, 0.15) is 0 Å². The number of hydrogen-bond donors (Lipinski definition) is 3. The third-order valence-corrected chi connectivity index (χ3v) is 5.45. The van der Waals surface area contributed by atoms with Gasteiger partial charge in [-0.05, 0) is 35.9 Å². The van der Waals surface area contributed by atoms with Gasteiger partial charge < -0.3 is 15.1 Å². The van der Waals surface area contributed by atoms with Crippen LogP contribution in [0.3, 0.4) is 0 Å². The van der Waals surface area contributed by atoms with Crippen LogP contribution in [0.25, 0.3) is 0 Å². The molecule has 0 fully saturated rings. The van der Waals surface area contributed by atoms with E-state index in [2.05, 4.69) is 15.4 Å². The predicted octanol–water partition coefficient (Wildman–Crippen LogP) is 2.38. The first kappa shape index (κ1) is 21.3. The summed E-state index contributed by atoms with van der Waals surface area (Å²) in [6.07, 6.45) is 1.39. The molecule has 0 radical (unpaired) electrons. The minimum Gasteiger partial charge on any atom is -0.459 e. The summed E-state index contributed by atoms with van der Waals surface area (Å²) in [7, 11) is -3.54. The molecule has 0 unspecified atom stereocenters. The van der Waals surface area contributed by atoms with Gasteiger partial charge in [0.15, 0.2) is 5.76 Å². The maximum atomic E-state index is 12.3. The lowest BCUT2D eigenvalue weighted by atomic mass is 10.2. The van der Waals surface area contributed by atoms with E-state index in [1.165, 1.54) is 18.4 Å². The first-order chi connectivity index (χ1) is 14.4. The summed E-state index contributed by atoms with van der Waals surface area (Å²) in [5, 5.41) is 5.21. The van der Waals surface area contributed by atoms with Crippen LogP contribution in [-0.4, -0.2) is 32.5 Å². The normalized spacial score (nSPS) is 11.1. The Labute approximate surface area is 174 Å². The molecule has 0 aliphatic rings. The van der Waals surface area contributed by atoms with E-state index in [0.29, 0.717) is 11.3 Å². The van der Waals surface area contributed by atoms with Crippen LogP contribution in [0.2, 0.25) is 0 Å². The molecule has 0 saturated carbocycles. The molecule has 0 aliphatic heterocycles. The number of carbonyl (C=O) groups is 2. The Bertz CT molecular complexity index is 1100. The van der Waals surface area contributed by atoms with Crippen LogP contribution in [-0.2, 0) is 16.6 Å². The second-order valence-electron chi connectivity index (χ2n) is 6.39. The lowest BCUT2D eigenvalue weighted by Gasteiger charge is -2.09. The molecule has 0 saturated heterocycles. The molecule has 0 atom stereocenters. The van der Waals surface area contributed by atoms with Gasteiger partial charge in [-0.25, -0.2) is 13.1 Å². The van der Waals surface area contributed by atoms with E-state index in [1.54, 1.807) is 24.3 Å². The number of amides is 2. The van der Waals surface area contributed by atoms with E-state index < -0.39 is 21.8 Å². The summed E-state index contributed by atoms with van der Waals surface area (Å²) >= 11 is 0. The number of benzene rings is 2. The number of furan rings is 1. The SMILES string of the molecule is O=C(NCCS(=O)(=O)NCc1ccccc1)c1cccc(NC(=O)c2ccco2)c1. The van der Waals surface area contributed by atoms with Crippen molar-refractivity contribution in [1.82, 2.24) is 10.0 Å². The summed E-state index contributed by atoms with van der Waals surface area (Å²) in [5.74, 6) is -0.978. The van der Waals surface area contributed by atoms with Crippen LogP contribution >= 0.6 is 0 Å². The number of sulfonamides is 1. The molecular formula is C21H21N3O5S. The Hall–Kier alpha value is -3.43. The second-order valence-corrected chi connectivity index (χ2v) is 8.32. The van der Waals surface area contributed by atoms with Gasteiger partial charge in [-0.1, -0.05) is 36.4 Å². The Morgan fingerprint density at radius 3 is 2.43 bits per heavy atom. The number of anilines is 1. The topological polar surface area (TPSA) is 118 Å². The maximum Gasteiger partial charge on any atom is 0.291 e. The summed E-state index contributed by atoms with van der Waals surface area (Å²) in [6.45, 7) is 0.139. The average Bonchev–Trinajstić information content (AvgIpc) is 3.28. The summed E-state index contributed by atoms with van der Waals surface area (Å²) in [5.41, 5.74) is 1.56. The molecule has 3 aromatic rings. The summed E-state index contributed by atoms with van der Waals surface area (Å²) < 4.78 is 31.7. The van der Waals surface area contributed by atoms with Gasteiger partial charge in [0.05, 0.1) is 12.0 Å². The van der Waals surface area contributed by atoms with E-state index in [0.717, 1.165) is 5.56 Å². The minimum atomic E-state index is -3.54. The lowest BCUT2D eigenvalue weighted by Crippen LogP contribution is -2.34. The molecule has 2 aromatic carbocycles. The van der Waals surface area contributed by atoms with Crippen LogP contribution in [0, 0.1) is 0 Å². The average molecular weight is 427 g/mol. The van der Waals surface area contributed by atoms with E-state index >= 15 is 0 Å². The molecule has 1 heterocycles. The molecule has 3 N–H and O–H groups in total. The molecule has 3 rings (SSSR count). The van der Waals surface area contributed by atoms with E-state index in [9.17, 15) is 18.0 Å². The van der Waals surface area contributed by atoms with Crippen molar-refractivity contribution in [2.75, 3.05) is 17.6 Å². The van der Waals surface area contributed by atoms with Crippen molar-refractivity contribution in [3.8, 4) is 0 Å². The highest BCUT2D eigenvalue weighted by Gasteiger charge is 2.13. The zero-order valence-corrected chi connectivity index (χ0v) is 16.8. The Kier molecular flexibility index (Phi) is 6.99. The number of hydrogen-bond acceptors (Lipinski definition) is 5. The number of rotatable bonds is 9. The van der Waals surface area contributed by atoms with Crippen LogP contribution in [0.15, 0.2) is 77.4 Å². The fourth-order valence-electron chi connectivity index (χ4n) is 2.60. The number of carbonyl (C=O) groups excluding carboxylic acids is 2. The van der Waals surface area contributed by atoms with Gasteiger partial charge in [-0.3, -0.25) is 9.59 Å². The van der Waals surface area contributed by atoms with Crippen molar-refractivity contribution in [1.29, 1.82) is 0 Å². The van der Waals surface area contributed by atoms with Crippen molar-refractivity contribution in [3.05, 3.63) is 89.9 Å². The van der Waals surface area contributed by atoms with Crippen molar-refractivity contribution < 1.29 is 22.4 Å². The van der Waals surface area contributed by atoms with Crippen molar-refractivity contribution in [2.24, 2.45) is 0 Å². The third kappa shape index (κ3) is 6.29. The van der Waals surface area contributed by atoms with Gasteiger partial charge in [0.2, 0.25) is 10.0 Å². The fraction of sp³-hybridized carbons (Fsp3) is 0.143. The molecular weight excluding hydrogens is 406 g/mol. The Balaban J connectivity index is 1.49. The Morgan fingerprint density at radius 2 is 1.70 bits per heavy atom. The quantitative estimate of drug-likeness (QED) is 0.485. The largest absolute Gasteiger partial charge is 0.459 e. The highest BCUT2D eigenvalue weighted by Crippen LogP contribution is 2.12. The van der Waals surface area contributed by atoms with E-state index in [-0.39, 0.29) is 24.6 Å². The van der Waals surface area contributed by atoms with Gasteiger partial charge in [0, 0.05) is 24.3 Å². The second kappa shape index (κ2) is 9.86. The lowest BCUT2D eigenvalue weighted by molar-refractivity contribution is 0.0953. The zero-order chi connectivity index (χ0) is 21.4. The molecule has 0 spiro atoms. The van der Waals surface area contributed by atoms with Crippen molar-refractivity contribution >= 4 is 27.5 Å². The number of nitrogens with one attached hydrogen (secondary N) is 3. The highest BCUT2D eigenvalue weighted by molar-refractivity contribution is 7.89. The van der Waals surface area contributed by atoms with Gasteiger partial charge in [0.25, 0.3) is 11.8 Å². The summed E-state index contributed by atoms with van der Waals surface area (Å²) in [4.78, 5) is 24.3. The van der Waals surface area contributed by atoms with Crippen LogP contribution in [0.5, 0.6) is 0 Å². The van der Waals surface area contributed by atoms with Crippen LogP contribution < -0.4 is 15.4 Å². The first-order valence-electron chi connectivity index (χ1n) is 9.17. The molecule has 9 heteroatoms. The van der Waals surface area contributed by atoms with Crippen molar-refractivity contribution in [3.63, 3.8) is 0 Å². The predicted molar refractivity (Wildman–Crippen MR) is 113 cm³/mol. The molecule has 30 heavy (non-hydrogen) atoms.